The van der Waals surface area contributed by atoms with Crippen molar-refractivity contribution in [1.29, 1.82) is 0 Å². The second kappa shape index (κ2) is 14.0. The Hall–Kier alpha value is -4.02. The van der Waals surface area contributed by atoms with E-state index in [-0.39, 0.29) is 30.6 Å². The van der Waals surface area contributed by atoms with Crippen LogP contribution in [0.25, 0.3) is 5.57 Å². The summed E-state index contributed by atoms with van der Waals surface area (Å²) in [6, 6.07) is 17.5. The number of aryl methyl sites for hydroxylation is 1. The van der Waals surface area contributed by atoms with E-state index in [2.05, 4.69) is 10.6 Å². The fourth-order valence-corrected chi connectivity index (χ4v) is 6.13. The molecule has 3 aliphatic rings. The molecule has 45 heavy (non-hydrogen) atoms. The fraction of sp³-hybridized carbons (Fsp3) is 0.400. The first-order valence-electron chi connectivity index (χ1n) is 15.5. The van der Waals surface area contributed by atoms with Crippen LogP contribution < -0.4 is 24.8 Å². The van der Waals surface area contributed by atoms with E-state index in [9.17, 15) is 18.0 Å². The predicted octanol–water partition coefficient (Wildman–Crippen LogP) is 5.28. The lowest BCUT2D eigenvalue weighted by atomic mass is 9.83. The number of fused-ring (bicyclic) bond motifs is 2. The minimum atomic E-state index is -1.31. The number of ether oxygens (including phenoxy) is 3. The van der Waals surface area contributed by atoms with Crippen LogP contribution in [0, 0.1) is 17.5 Å². The van der Waals surface area contributed by atoms with Gasteiger partial charge < -0.3 is 29.7 Å². The van der Waals surface area contributed by atoms with Crippen LogP contribution in [0.4, 0.5) is 13.2 Å². The van der Waals surface area contributed by atoms with E-state index >= 15 is 0 Å². The number of rotatable bonds is 13. The van der Waals surface area contributed by atoms with Crippen molar-refractivity contribution in [3.63, 3.8) is 0 Å². The van der Waals surface area contributed by atoms with E-state index in [4.69, 9.17) is 14.2 Å². The van der Waals surface area contributed by atoms with Crippen molar-refractivity contribution in [2.75, 3.05) is 40.0 Å². The summed E-state index contributed by atoms with van der Waals surface area (Å²) in [5.41, 5.74) is 3.94. The molecule has 2 aliphatic heterocycles. The molecule has 10 heteroatoms. The molecule has 3 aromatic carbocycles. The molecule has 2 N–H and O–H groups in total. The van der Waals surface area contributed by atoms with E-state index in [1.807, 2.05) is 53.4 Å². The van der Waals surface area contributed by atoms with Crippen molar-refractivity contribution in [1.82, 2.24) is 15.5 Å². The van der Waals surface area contributed by atoms with Crippen LogP contribution in [0.15, 0.2) is 66.2 Å². The summed E-state index contributed by atoms with van der Waals surface area (Å²) in [7, 11) is 1.62. The van der Waals surface area contributed by atoms with Gasteiger partial charge in [-0.2, -0.15) is 4.39 Å². The number of hydrogen-bond donors (Lipinski definition) is 2. The quantitative estimate of drug-likeness (QED) is 0.200. The van der Waals surface area contributed by atoms with Crippen LogP contribution in [0.2, 0.25) is 0 Å². The van der Waals surface area contributed by atoms with Crippen molar-refractivity contribution in [3.05, 3.63) is 94.8 Å². The Balaban J connectivity index is 1.13. The van der Waals surface area contributed by atoms with Crippen LogP contribution in [-0.2, 0) is 11.2 Å². The summed E-state index contributed by atoms with van der Waals surface area (Å²) in [4.78, 5) is 16.2. The van der Waals surface area contributed by atoms with Gasteiger partial charge in [-0.1, -0.05) is 24.3 Å². The van der Waals surface area contributed by atoms with Crippen molar-refractivity contribution in [3.8, 4) is 17.2 Å². The Morgan fingerprint density at radius 2 is 1.62 bits per heavy atom. The van der Waals surface area contributed by atoms with Gasteiger partial charge in [0, 0.05) is 30.7 Å². The largest absolute Gasteiger partial charge is 0.497 e. The molecule has 238 valence electrons. The summed E-state index contributed by atoms with van der Waals surface area (Å²) in [5.74, 6) is -2.52. The smallest absolute Gasteiger partial charge is 0.252 e. The first-order valence-corrected chi connectivity index (χ1v) is 15.5. The highest BCUT2D eigenvalue weighted by Gasteiger charge is 2.40. The number of benzene rings is 3. The Morgan fingerprint density at radius 3 is 2.36 bits per heavy atom. The van der Waals surface area contributed by atoms with E-state index < -0.39 is 23.2 Å². The molecule has 2 heterocycles. The molecule has 0 radical (unpaired) electrons. The average Bonchev–Trinajstić information content (AvgIpc) is 3.90. The number of halogens is 3. The lowest BCUT2D eigenvalue weighted by Crippen LogP contribution is -2.60. The van der Waals surface area contributed by atoms with Crippen LogP contribution >= 0.6 is 0 Å². The van der Waals surface area contributed by atoms with Gasteiger partial charge in [0.15, 0.2) is 17.4 Å². The SMILES string of the molecule is COc1ccc(OCCN(C(=O)C2=C(c3ccc(CCCOc4c(F)ccc(F)c4F)cc3)CC3CNCC2N3)C2CC2)cc1. The summed E-state index contributed by atoms with van der Waals surface area (Å²) in [6.45, 7) is 2.47. The molecular formula is C35H38F3N3O4. The molecule has 0 aromatic heterocycles. The van der Waals surface area contributed by atoms with Gasteiger partial charge in [-0.15, -0.1) is 0 Å². The Labute approximate surface area is 261 Å². The summed E-state index contributed by atoms with van der Waals surface area (Å²) >= 11 is 0. The van der Waals surface area contributed by atoms with Crippen LogP contribution in [0.3, 0.4) is 0 Å². The molecule has 1 saturated heterocycles. The minimum absolute atomic E-state index is 0.0457. The van der Waals surface area contributed by atoms with Crippen molar-refractivity contribution < 1.29 is 32.2 Å². The highest BCUT2D eigenvalue weighted by molar-refractivity contribution is 6.03. The topological polar surface area (TPSA) is 72.1 Å². The predicted molar refractivity (Wildman–Crippen MR) is 165 cm³/mol. The molecule has 3 aromatic rings. The first-order chi connectivity index (χ1) is 21.9. The molecule has 2 atom stereocenters. The number of methoxy groups -OCH3 is 1. The fourth-order valence-electron chi connectivity index (χ4n) is 6.13. The van der Waals surface area contributed by atoms with E-state index in [1.165, 1.54) is 0 Å². The molecule has 1 amide bonds. The van der Waals surface area contributed by atoms with Crippen LogP contribution in [0.1, 0.15) is 36.8 Å². The van der Waals surface area contributed by atoms with Gasteiger partial charge in [-0.25, -0.2) is 8.78 Å². The van der Waals surface area contributed by atoms with Gasteiger partial charge in [-0.05, 0) is 85.2 Å². The molecular weight excluding hydrogens is 583 g/mol. The number of carbonyl (C=O) groups is 1. The monoisotopic (exact) mass is 621 g/mol. The lowest BCUT2D eigenvalue weighted by Gasteiger charge is -2.40. The highest BCUT2D eigenvalue weighted by atomic mass is 19.2. The van der Waals surface area contributed by atoms with Gasteiger partial charge in [0.2, 0.25) is 5.82 Å². The Bertz CT molecular complexity index is 1530. The van der Waals surface area contributed by atoms with Gasteiger partial charge in [0.25, 0.3) is 5.91 Å². The minimum Gasteiger partial charge on any atom is -0.497 e. The molecule has 0 spiro atoms. The molecule has 1 aliphatic carbocycles. The number of nitrogens with zero attached hydrogens (tertiary/aromatic N) is 1. The zero-order valence-corrected chi connectivity index (χ0v) is 25.3. The maximum Gasteiger partial charge on any atom is 0.252 e. The number of piperazine rings is 1. The van der Waals surface area contributed by atoms with Crippen molar-refractivity contribution >= 4 is 11.5 Å². The zero-order valence-electron chi connectivity index (χ0n) is 25.3. The number of nitrogens with one attached hydrogen (secondary N) is 2. The maximum absolute atomic E-state index is 14.3. The Kier molecular flexibility index (Phi) is 9.61. The van der Waals surface area contributed by atoms with E-state index in [1.54, 1.807) is 7.11 Å². The molecule has 1 saturated carbocycles. The standard InChI is InChI=1S/C35H38F3N3O4/c1-43-26-10-12-27(13-11-26)44-18-16-41(25-8-9-25)35(42)32-28(19-24-20-39-21-31(32)40-24)23-6-4-22(5-7-23)3-2-17-45-34-30(37)15-14-29(36)33(34)38/h4-7,10-15,24-25,31,39-40H,2-3,8-9,16-21H2,1H3. The summed E-state index contributed by atoms with van der Waals surface area (Å²) in [6.07, 6.45) is 3.84. The van der Waals surface area contributed by atoms with Crippen LogP contribution in [0.5, 0.6) is 17.2 Å². The summed E-state index contributed by atoms with van der Waals surface area (Å²) in [5, 5.41) is 7.14. The third-order valence-electron chi connectivity index (χ3n) is 8.60. The number of hydrogen-bond acceptors (Lipinski definition) is 6. The van der Waals surface area contributed by atoms with Gasteiger partial charge >= 0.3 is 0 Å². The van der Waals surface area contributed by atoms with Gasteiger partial charge in [-0.3, -0.25) is 4.79 Å². The summed E-state index contributed by atoms with van der Waals surface area (Å²) < 4.78 is 57.6. The van der Waals surface area contributed by atoms with Gasteiger partial charge in [0.1, 0.15) is 18.1 Å². The zero-order chi connectivity index (χ0) is 31.3. The lowest BCUT2D eigenvalue weighted by molar-refractivity contribution is -0.128. The van der Waals surface area contributed by atoms with Crippen molar-refractivity contribution in [2.45, 2.75) is 50.2 Å². The van der Waals surface area contributed by atoms with E-state index in [0.717, 1.165) is 71.7 Å². The van der Waals surface area contributed by atoms with Crippen LogP contribution in [-0.4, -0.2) is 68.9 Å². The first kappa shape index (κ1) is 31.0. The normalized spacial score (nSPS) is 19.3. The third-order valence-corrected chi connectivity index (χ3v) is 8.60. The molecule has 2 bridgehead atoms. The second-order valence-corrected chi connectivity index (χ2v) is 11.7. The van der Waals surface area contributed by atoms with E-state index in [0.29, 0.717) is 32.5 Å². The Morgan fingerprint density at radius 1 is 0.889 bits per heavy atom. The molecule has 6 rings (SSSR count). The van der Waals surface area contributed by atoms with Crippen molar-refractivity contribution in [2.24, 2.45) is 0 Å². The average molecular weight is 622 g/mol. The molecule has 2 unspecified atom stereocenters. The number of carbonyl (C=O) groups excluding carboxylic acids is 1. The van der Waals surface area contributed by atoms with Gasteiger partial charge in [0.05, 0.1) is 26.3 Å². The number of amides is 1. The molecule has 2 fully saturated rings. The second-order valence-electron chi connectivity index (χ2n) is 11.7. The molecule has 7 nitrogen and oxygen atoms in total. The maximum atomic E-state index is 14.3. The highest BCUT2D eigenvalue weighted by Crippen LogP contribution is 2.36. The third kappa shape index (κ3) is 7.28.